The van der Waals surface area contributed by atoms with Gasteiger partial charge in [-0.3, -0.25) is 9.59 Å². The second-order valence-corrected chi connectivity index (χ2v) is 6.18. The predicted molar refractivity (Wildman–Crippen MR) is 95.9 cm³/mol. The van der Waals surface area contributed by atoms with Crippen molar-refractivity contribution in [1.82, 2.24) is 0 Å². The molecule has 2 N–H and O–H groups in total. The van der Waals surface area contributed by atoms with E-state index in [1.165, 1.54) is 17.3 Å². The topological polar surface area (TPSA) is 58.2 Å². The van der Waals surface area contributed by atoms with Crippen LogP contribution in [0.25, 0.3) is 0 Å². The molecule has 0 unspecified atom stereocenters. The van der Waals surface area contributed by atoms with Crippen molar-refractivity contribution in [2.45, 2.75) is 25.2 Å². The van der Waals surface area contributed by atoms with E-state index in [-0.39, 0.29) is 11.8 Å². The van der Waals surface area contributed by atoms with E-state index in [0.717, 1.165) is 4.90 Å². The Morgan fingerprint density at radius 2 is 1.57 bits per heavy atom. The van der Waals surface area contributed by atoms with E-state index in [2.05, 4.69) is 10.6 Å². The molecular weight excluding hydrogens is 308 g/mol. The van der Waals surface area contributed by atoms with Crippen molar-refractivity contribution in [2.75, 3.05) is 16.4 Å². The molecule has 0 heterocycles. The van der Waals surface area contributed by atoms with Gasteiger partial charge in [-0.1, -0.05) is 30.7 Å². The fourth-order valence-corrected chi connectivity index (χ4v) is 2.60. The van der Waals surface area contributed by atoms with E-state index in [4.69, 9.17) is 0 Å². The molecule has 0 bridgehead atoms. The number of carbonyl (C=O) groups excluding carboxylic acids is 2. The number of benzene rings is 2. The zero-order chi connectivity index (χ0) is 16.7. The first kappa shape index (κ1) is 17.1. The number of amides is 2. The van der Waals surface area contributed by atoms with Gasteiger partial charge >= 0.3 is 0 Å². The molecule has 0 atom stereocenters. The van der Waals surface area contributed by atoms with E-state index in [1.807, 2.05) is 31.2 Å². The summed E-state index contributed by atoms with van der Waals surface area (Å²) >= 11 is 1.49. The monoisotopic (exact) mass is 328 g/mol. The van der Waals surface area contributed by atoms with Gasteiger partial charge < -0.3 is 10.6 Å². The molecule has 0 aliphatic heterocycles. The summed E-state index contributed by atoms with van der Waals surface area (Å²) in [7, 11) is 0. The minimum Gasteiger partial charge on any atom is -0.326 e. The second-order valence-electron chi connectivity index (χ2n) is 5.13. The molecule has 2 aromatic carbocycles. The summed E-state index contributed by atoms with van der Waals surface area (Å²) in [6, 6.07) is 15.2. The minimum absolute atomic E-state index is 0.0524. The van der Waals surface area contributed by atoms with Crippen molar-refractivity contribution in [3.05, 3.63) is 54.1 Å². The largest absolute Gasteiger partial charge is 0.326 e. The zero-order valence-electron chi connectivity index (χ0n) is 13.3. The number of aryl methyl sites for hydroxylation is 1. The molecule has 0 aliphatic carbocycles. The van der Waals surface area contributed by atoms with Crippen LogP contribution in [0.1, 0.15) is 18.9 Å². The average Bonchev–Trinajstić information content (AvgIpc) is 2.54. The first-order chi connectivity index (χ1) is 11.1. The molecule has 0 aliphatic rings. The Morgan fingerprint density at radius 3 is 2.17 bits per heavy atom. The Kier molecular flexibility index (Phi) is 6.23. The lowest BCUT2D eigenvalue weighted by Crippen LogP contribution is -2.14. The SMILES string of the molecule is CCC(=O)Nc1cccc(NC(=O)CSc2ccc(C)cc2)c1. The van der Waals surface area contributed by atoms with Gasteiger partial charge in [0.05, 0.1) is 5.75 Å². The van der Waals surface area contributed by atoms with Crippen LogP contribution < -0.4 is 10.6 Å². The molecule has 0 aromatic heterocycles. The fourth-order valence-electron chi connectivity index (χ4n) is 1.90. The number of hydrogen-bond acceptors (Lipinski definition) is 3. The highest BCUT2D eigenvalue weighted by atomic mass is 32.2. The van der Waals surface area contributed by atoms with Gasteiger partial charge in [0.1, 0.15) is 0 Å². The second kappa shape index (κ2) is 8.39. The van der Waals surface area contributed by atoms with Gasteiger partial charge in [0.15, 0.2) is 0 Å². The lowest BCUT2D eigenvalue weighted by atomic mass is 10.2. The summed E-state index contributed by atoms with van der Waals surface area (Å²) < 4.78 is 0. The van der Waals surface area contributed by atoms with Gasteiger partial charge in [0, 0.05) is 22.7 Å². The number of carbonyl (C=O) groups is 2. The number of rotatable bonds is 6. The number of nitrogens with one attached hydrogen (secondary N) is 2. The molecule has 0 saturated heterocycles. The predicted octanol–water partition coefficient (Wildman–Crippen LogP) is 4.07. The van der Waals surface area contributed by atoms with Crippen LogP contribution in [0, 0.1) is 6.92 Å². The van der Waals surface area contributed by atoms with Crippen molar-refractivity contribution in [3.8, 4) is 0 Å². The molecule has 4 nitrogen and oxygen atoms in total. The maximum Gasteiger partial charge on any atom is 0.234 e. The average molecular weight is 328 g/mol. The first-order valence-electron chi connectivity index (χ1n) is 7.46. The van der Waals surface area contributed by atoms with Crippen LogP contribution in [0.4, 0.5) is 11.4 Å². The summed E-state index contributed by atoms with van der Waals surface area (Å²) in [6.45, 7) is 3.83. The van der Waals surface area contributed by atoms with Crippen molar-refractivity contribution < 1.29 is 9.59 Å². The summed E-state index contributed by atoms with van der Waals surface area (Å²) in [6.07, 6.45) is 0.420. The van der Waals surface area contributed by atoms with Gasteiger partial charge in [-0.2, -0.15) is 0 Å². The van der Waals surface area contributed by atoms with E-state index >= 15 is 0 Å². The summed E-state index contributed by atoms with van der Waals surface area (Å²) in [5.74, 6) is 0.215. The van der Waals surface area contributed by atoms with E-state index in [9.17, 15) is 9.59 Å². The van der Waals surface area contributed by atoms with Crippen LogP contribution in [0.2, 0.25) is 0 Å². The molecule has 2 amide bonds. The molecule has 23 heavy (non-hydrogen) atoms. The van der Waals surface area contributed by atoms with Gasteiger partial charge in [0.2, 0.25) is 11.8 Å². The van der Waals surface area contributed by atoms with Gasteiger partial charge in [-0.25, -0.2) is 0 Å². The quantitative estimate of drug-likeness (QED) is 0.786. The van der Waals surface area contributed by atoms with Crippen LogP contribution >= 0.6 is 11.8 Å². The van der Waals surface area contributed by atoms with Crippen LogP contribution in [-0.4, -0.2) is 17.6 Å². The van der Waals surface area contributed by atoms with Crippen LogP contribution in [0.3, 0.4) is 0 Å². The normalized spacial score (nSPS) is 10.2. The third-order valence-corrected chi connectivity index (χ3v) is 4.15. The van der Waals surface area contributed by atoms with Gasteiger partial charge in [0.25, 0.3) is 0 Å². The Hall–Kier alpha value is -2.27. The smallest absolute Gasteiger partial charge is 0.234 e. The molecule has 0 radical (unpaired) electrons. The minimum atomic E-state index is -0.0745. The third-order valence-electron chi connectivity index (χ3n) is 3.14. The van der Waals surface area contributed by atoms with Crippen LogP contribution in [-0.2, 0) is 9.59 Å². The molecule has 0 saturated carbocycles. The van der Waals surface area contributed by atoms with Crippen molar-refractivity contribution in [3.63, 3.8) is 0 Å². The third kappa shape index (κ3) is 5.79. The highest BCUT2D eigenvalue weighted by molar-refractivity contribution is 8.00. The molecule has 0 spiro atoms. The highest BCUT2D eigenvalue weighted by Gasteiger charge is 2.05. The number of hydrogen-bond donors (Lipinski definition) is 2. The molecule has 120 valence electrons. The first-order valence-corrected chi connectivity index (χ1v) is 8.44. The summed E-state index contributed by atoms with van der Waals surface area (Å²) in [4.78, 5) is 24.5. The Bertz CT molecular complexity index is 684. The molecule has 2 aromatic rings. The lowest BCUT2D eigenvalue weighted by molar-refractivity contribution is -0.116. The van der Waals surface area contributed by atoms with Crippen LogP contribution in [0.15, 0.2) is 53.4 Å². The maximum absolute atomic E-state index is 12.0. The standard InChI is InChI=1S/C18H20N2O2S/c1-3-17(21)19-14-5-4-6-15(11-14)20-18(22)12-23-16-9-7-13(2)8-10-16/h4-11H,3,12H2,1-2H3,(H,19,21)(H,20,22). The maximum atomic E-state index is 12.0. The van der Waals surface area contributed by atoms with Crippen molar-refractivity contribution >= 4 is 35.0 Å². The number of thioether (sulfide) groups is 1. The Labute approximate surface area is 140 Å². The summed E-state index contributed by atoms with van der Waals surface area (Å²) in [5, 5.41) is 5.62. The Balaban J connectivity index is 1.88. The summed E-state index contributed by atoms with van der Waals surface area (Å²) in [5.41, 5.74) is 2.55. The highest BCUT2D eigenvalue weighted by Crippen LogP contribution is 2.19. The molecular formula is C18H20N2O2S. The van der Waals surface area contributed by atoms with Crippen molar-refractivity contribution in [1.29, 1.82) is 0 Å². The zero-order valence-corrected chi connectivity index (χ0v) is 14.1. The van der Waals surface area contributed by atoms with E-state index in [1.54, 1.807) is 31.2 Å². The number of anilines is 2. The van der Waals surface area contributed by atoms with Gasteiger partial charge in [-0.05, 0) is 37.3 Å². The Morgan fingerprint density at radius 1 is 0.957 bits per heavy atom. The van der Waals surface area contributed by atoms with Gasteiger partial charge in [-0.15, -0.1) is 11.8 Å². The molecule has 0 fully saturated rings. The molecule has 2 rings (SSSR count). The van der Waals surface area contributed by atoms with Crippen molar-refractivity contribution in [2.24, 2.45) is 0 Å². The lowest BCUT2D eigenvalue weighted by Gasteiger charge is -2.08. The fraction of sp³-hybridized carbons (Fsp3) is 0.222. The van der Waals surface area contributed by atoms with E-state index < -0.39 is 0 Å². The van der Waals surface area contributed by atoms with E-state index in [0.29, 0.717) is 23.5 Å². The molecule has 5 heteroatoms. The van der Waals surface area contributed by atoms with Crippen LogP contribution in [0.5, 0.6) is 0 Å².